The largest absolute Gasteiger partial charge is 0.388 e. The molecule has 2 saturated heterocycles. The van der Waals surface area contributed by atoms with Crippen LogP contribution < -0.4 is 0 Å². The first-order valence-corrected chi connectivity index (χ1v) is 8.75. The summed E-state index contributed by atoms with van der Waals surface area (Å²) >= 11 is 0. The Hall–Kier alpha value is -0.990. The van der Waals surface area contributed by atoms with Crippen LogP contribution in [0.1, 0.15) is 42.9 Å². The predicted molar refractivity (Wildman–Crippen MR) is 71.0 cm³/mol. The molecule has 1 aromatic heterocycles. The molecule has 0 saturated carbocycles. The molecule has 20 heavy (non-hydrogen) atoms. The van der Waals surface area contributed by atoms with Crippen molar-refractivity contribution in [2.24, 2.45) is 0 Å². The fourth-order valence-corrected chi connectivity index (χ4v) is 4.56. The minimum Gasteiger partial charge on any atom is -0.388 e. The first-order chi connectivity index (χ1) is 9.59. The molecule has 3 rings (SSSR count). The van der Waals surface area contributed by atoms with Crippen molar-refractivity contribution >= 4 is 9.84 Å². The van der Waals surface area contributed by atoms with E-state index in [1.54, 1.807) is 4.68 Å². The maximum atomic E-state index is 11.6. The Bertz CT molecular complexity index is 578. The summed E-state index contributed by atoms with van der Waals surface area (Å²) < 4.78 is 30.1. The Morgan fingerprint density at radius 2 is 2.05 bits per heavy atom. The van der Waals surface area contributed by atoms with Crippen LogP contribution >= 0.6 is 0 Å². The number of aliphatic hydroxyl groups excluding tert-OH is 1. The van der Waals surface area contributed by atoms with Gasteiger partial charge < -0.3 is 9.84 Å². The van der Waals surface area contributed by atoms with Gasteiger partial charge in [0.05, 0.1) is 17.5 Å². The SMILES string of the molecule is O=S1(=O)CC[C@H](n2nc(C3CCOCC3)nc2CO)C1. The first kappa shape index (κ1) is 14.0. The summed E-state index contributed by atoms with van der Waals surface area (Å²) in [5, 5.41) is 13.9. The molecule has 8 heteroatoms. The van der Waals surface area contributed by atoms with Gasteiger partial charge in [0, 0.05) is 19.1 Å². The Morgan fingerprint density at radius 1 is 1.30 bits per heavy atom. The molecular formula is C12H19N3O4S. The number of sulfone groups is 1. The van der Waals surface area contributed by atoms with Crippen LogP contribution in [0.5, 0.6) is 0 Å². The molecule has 2 fully saturated rings. The van der Waals surface area contributed by atoms with E-state index in [0.29, 0.717) is 31.3 Å². The van der Waals surface area contributed by atoms with Gasteiger partial charge in [0.1, 0.15) is 6.61 Å². The summed E-state index contributed by atoms with van der Waals surface area (Å²) in [4.78, 5) is 4.40. The van der Waals surface area contributed by atoms with Crippen LogP contribution in [0, 0.1) is 0 Å². The van der Waals surface area contributed by atoms with E-state index in [0.717, 1.165) is 12.8 Å². The number of aromatic nitrogens is 3. The molecule has 1 aromatic rings. The van der Waals surface area contributed by atoms with E-state index < -0.39 is 9.84 Å². The lowest BCUT2D eigenvalue weighted by atomic mass is 10.00. The van der Waals surface area contributed by atoms with E-state index in [4.69, 9.17) is 4.74 Å². The minimum atomic E-state index is -2.97. The third kappa shape index (κ3) is 2.72. The van der Waals surface area contributed by atoms with Gasteiger partial charge in [-0.25, -0.2) is 18.1 Å². The van der Waals surface area contributed by atoms with E-state index in [1.807, 2.05) is 0 Å². The highest BCUT2D eigenvalue weighted by molar-refractivity contribution is 7.91. The summed E-state index contributed by atoms with van der Waals surface area (Å²) in [7, 11) is -2.97. The van der Waals surface area contributed by atoms with Crippen molar-refractivity contribution in [2.45, 2.75) is 37.8 Å². The van der Waals surface area contributed by atoms with Gasteiger partial charge in [-0.05, 0) is 19.3 Å². The van der Waals surface area contributed by atoms with Gasteiger partial charge in [-0.2, -0.15) is 5.10 Å². The zero-order chi connectivity index (χ0) is 14.2. The number of rotatable bonds is 3. The van der Waals surface area contributed by atoms with E-state index in [9.17, 15) is 13.5 Å². The van der Waals surface area contributed by atoms with E-state index in [2.05, 4.69) is 10.1 Å². The number of nitrogens with zero attached hydrogens (tertiary/aromatic N) is 3. The topological polar surface area (TPSA) is 94.3 Å². The van der Waals surface area contributed by atoms with Crippen molar-refractivity contribution in [1.82, 2.24) is 14.8 Å². The Balaban J connectivity index is 1.85. The number of hydrogen-bond donors (Lipinski definition) is 1. The smallest absolute Gasteiger partial charge is 0.154 e. The van der Waals surface area contributed by atoms with Crippen LogP contribution in [0.4, 0.5) is 0 Å². The van der Waals surface area contributed by atoms with Crippen LogP contribution in [0.25, 0.3) is 0 Å². The van der Waals surface area contributed by atoms with Gasteiger partial charge in [0.25, 0.3) is 0 Å². The van der Waals surface area contributed by atoms with Crippen molar-refractivity contribution < 1.29 is 18.3 Å². The molecule has 0 unspecified atom stereocenters. The second-order valence-electron chi connectivity index (χ2n) is 5.43. The predicted octanol–water partition coefficient (Wildman–Crippen LogP) is 0.0240. The zero-order valence-electron chi connectivity index (χ0n) is 11.2. The highest BCUT2D eigenvalue weighted by Crippen LogP contribution is 2.28. The first-order valence-electron chi connectivity index (χ1n) is 6.93. The zero-order valence-corrected chi connectivity index (χ0v) is 12.0. The molecule has 1 atom stereocenters. The summed E-state index contributed by atoms with van der Waals surface area (Å²) in [6.07, 6.45) is 2.29. The van der Waals surface area contributed by atoms with E-state index in [-0.39, 0.29) is 30.1 Å². The molecule has 0 spiro atoms. The van der Waals surface area contributed by atoms with Gasteiger partial charge in [0.15, 0.2) is 21.5 Å². The molecule has 1 N–H and O–H groups in total. The fraction of sp³-hybridized carbons (Fsp3) is 0.833. The Labute approximate surface area is 117 Å². The quantitative estimate of drug-likeness (QED) is 0.846. The summed E-state index contributed by atoms with van der Waals surface area (Å²) in [6, 6.07) is -0.191. The fourth-order valence-electron chi connectivity index (χ4n) is 2.87. The highest BCUT2D eigenvalue weighted by atomic mass is 32.2. The standard InChI is InChI=1S/C12H19N3O4S/c16-7-11-13-12(9-1-4-19-5-2-9)14-15(11)10-3-6-20(17,18)8-10/h9-10,16H,1-8H2/t10-/m0/s1. The average Bonchev–Trinajstić information content (AvgIpc) is 3.02. The van der Waals surface area contributed by atoms with Crippen LogP contribution in [-0.2, 0) is 21.2 Å². The minimum absolute atomic E-state index is 0.0938. The second kappa shape index (κ2) is 5.42. The molecule has 2 aliphatic heterocycles. The van der Waals surface area contributed by atoms with Crippen molar-refractivity contribution in [3.8, 4) is 0 Å². The summed E-state index contributed by atoms with van der Waals surface area (Å²) in [6.45, 7) is 1.18. The molecule has 0 amide bonds. The third-order valence-corrected chi connectivity index (χ3v) is 5.75. The lowest BCUT2D eigenvalue weighted by Gasteiger charge is -2.19. The normalized spacial score (nSPS) is 26.9. The lowest BCUT2D eigenvalue weighted by molar-refractivity contribution is 0.0835. The Morgan fingerprint density at radius 3 is 2.65 bits per heavy atom. The van der Waals surface area contributed by atoms with Gasteiger partial charge >= 0.3 is 0 Å². The van der Waals surface area contributed by atoms with Crippen molar-refractivity contribution in [3.63, 3.8) is 0 Å². The molecule has 2 aliphatic rings. The average molecular weight is 301 g/mol. The molecular weight excluding hydrogens is 282 g/mol. The summed E-state index contributed by atoms with van der Waals surface area (Å²) in [5.74, 6) is 1.70. The van der Waals surface area contributed by atoms with Crippen LogP contribution in [0.15, 0.2) is 0 Å². The number of aliphatic hydroxyl groups is 1. The maximum absolute atomic E-state index is 11.6. The Kier molecular flexibility index (Phi) is 3.78. The molecule has 3 heterocycles. The summed E-state index contributed by atoms with van der Waals surface area (Å²) in [5.41, 5.74) is 0. The maximum Gasteiger partial charge on any atom is 0.154 e. The number of ether oxygens (including phenoxy) is 1. The lowest BCUT2D eigenvalue weighted by Crippen LogP contribution is -2.17. The van der Waals surface area contributed by atoms with Crippen molar-refractivity contribution in [1.29, 1.82) is 0 Å². The monoisotopic (exact) mass is 301 g/mol. The molecule has 112 valence electrons. The van der Waals surface area contributed by atoms with E-state index >= 15 is 0 Å². The molecule has 7 nitrogen and oxygen atoms in total. The molecule has 0 aromatic carbocycles. The van der Waals surface area contributed by atoms with Gasteiger partial charge in [0.2, 0.25) is 0 Å². The van der Waals surface area contributed by atoms with Crippen molar-refractivity contribution in [3.05, 3.63) is 11.6 Å². The van der Waals surface area contributed by atoms with Crippen LogP contribution in [0.3, 0.4) is 0 Å². The van der Waals surface area contributed by atoms with Crippen molar-refractivity contribution in [2.75, 3.05) is 24.7 Å². The van der Waals surface area contributed by atoms with Crippen LogP contribution in [0.2, 0.25) is 0 Å². The second-order valence-corrected chi connectivity index (χ2v) is 7.66. The van der Waals surface area contributed by atoms with Gasteiger partial charge in [-0.3, -0.25) is 0 Å². The van der Waals surface area contributed by atoms with Gasteiger partial charge in [-0.15, -0.1) is 0 Å². The van der Waals surface area contributed by atoms with Gasteiger partial charge in [-0.1, -0.05) is 0 Å². The van der Waals surface area contributed by atoms with Crippen LogP contribution in [-0.4, -0.2) is 53.0 Å². The number of hydrogen-bond acceptors (Lipinski definition) is 6. The molecule has 0 radical (unpaired) electrons. The molecule has 0 aliphatic carbocycles. The van der Waals surface area contributed by atoms with E-state index in [1.165, 1.54) is 0 Å². The third-order valence-electron chi connectivity index (χ3n) is 4.00. The molecule has 0 bridgehead atoms. The highest BCUT2D eigenvalue weighted by Gasteiger charge is 2.32.